The van der Waals surface area contributed by atoms with Crippen LogP contribution in [0.2, 0.25) is 0 Å². The Morgan fingerprint density at radius 3 is 2.21 bits per heavy atom. The molecule has 0 radical (unpaired) electrons. The first-order valence-corrected chi connectivity index (χ1v) is 19.1. The van der Waals surface area contributed by atoms with E-state index in [-0.39, 0.29) is 17.2 Å². The van der Waals surface area contributed by atoms with Crippen LogP contribution in [-0.4, -0.2) is 61.8 Å². The number of aromatic nitrogens is 1. The first-order valence-electron chi connectivity index (χ1n) is 18.2. The fourth-order valence-corrected chi connectivity index (χ4v) is 9.27. The molecule has 2 fully saturated rings. The fourth-order valence-electron chi connectivity index (χ4n) is 8.37. The molecule has 0 bridgehead atoms. The topological polar surface area (TPSA) is 78.5 Å². The van der Waals surface area contributed by atoms with E-state index in [4.69, 9.17) is 9.72 Å². The lowest BCUT2D eigenvalue weighted by atomic mass is 9.69. The number of rotatable bonds is 9. The van der Waals surface area contributed by atoms with Gasteiger partial charge in [0.15, 0.2) is 5.66 Å². The summed E-state index contributed by atoms with van der Waals surface area (Å²) < 4.78 is 6.24. The molecule has 2 aliphatic heterocycles. The highest BCUT2D eigenvalue weighted by Gasteiger charge is 2.63. The van der Waals surface area contributed by atoms with E-state index in [0.717, 1.165) is 52.7 Å². The molecule has 2 aliphatic rings. The molecule has 8 rings (SSSR count). The summed E-state index contributed by atoms with van der Waals surface area (Å²) in [6.07, 6.45) is 1.68. The third kappa shape index (κ3) is 5.88. The van der Waals surface area contributed by atoms with Crippen LogP contribution in [0.5, 0.6) is 0 Å². The van der Waals surface area contributed by atoms with Gasteiger partial charge in [0.1, 0.15) is 35.9 Å². The number of fused-ring (bicyclic) bond motifs is 1. The molecule has 6 aromatic rings. The Balaban J connectivity index is 1.25. The Hall–Kier alpha value is -4.90. The van der Waals surface area contributed by atoms with Crippen molar-refractivity contribution in [3.8, 4) is 0 Å². The molecule has 3 heterocycles. The van der Waals surface area contributed by atoms with Crippen LogP contribution >= 0.6 is 11.3 Å². The van der Waals surface area contributed by atoms with Crippen LogP contribution < -0.4 is 20.4 Å². The quantitative estimate of drug-likeness (QED) is 0.133. The van der Waals surface area contributed by atoms with Crippen molar-refractivity contribution in [3.63, 3.8) is 0 Å². The highest BCUT2D eigenvalue weighted by atomic mass is 32.1. The number of carbonyl (C=O) groups excluding carboxylic acids is 1. The minimum Gasteiger partial charge on any atom is -0.415 e. The van der Waals surface area contributed by atoms with Crippen molar-refractivity contribution in [2.45, 2.75) is 24.7 Å². The lowest BCUT2D eigenvalue weighted by Gasteiger charge is -2.60. The van der Waals surface area contributed by atoms with E-state index in [1.807, 2.05) is 54.7 Å². The molecular formula is C43H45N6O2S+. The van der Waals surface area contributed by atoms with Gasteiger partial charge in [0.25, 0.3) is 0 Å². The van der Waals surface area contributed by atoms with Crippen LogP contribution in [0.1, 0.15) is 28.6 Å². The second kappa shape index (κ2) is 14.6. The van der Waals surface area contributed by atoms with Crippen LogP contribution in [0.25, 0.3) is 10.8 Å². The van der Waals surface area contributed by atoms with Gasteiger partial charge < -0.3 is 10.1 Å². The number of para-hydroxylation sites is 1. The normalized spacial score (nSPS) is 21.8. The molecule has 1 amide bonds. The SMILES string of the molecule is CCNc1ccc(C2(c3ccc4ccccc4c3)NCCNC2(c2nccs2)N2CC[N+](C(=O)OCc3ccccc3)(c3ccccc3)CC2)cc1. The third-order valence-electron chi connectivity index (χ3n) is 10.8. The van der Waals surface area contributed by atoms with E-state index >= 15 is 0 Å². The van der Waals surface area contributed by atoms with E-state index in [1.54, 1.807) is 11.3 Å². The number of hydrogen-bond donors (Lipinski definition) is 3. The minimum absolute atomic E-state index is 0.117. The van der Waals surface area contributed by atoms with Gasteiger partial charge in [0, 0.05) is 36.9 Å². The van der Waals surface area contributed by atoms with Crippen molar-refractivity contribution in [1.29, 1.82) is 0 Å². The standard InChI is InChI=1S/C43H45N6O2S/c1-2-44-38-21-19-36(20-22-38)42(37-18-17-34-13-9-10-14-35(34)31-37)43(47-24-23-46-42,40-45-25-30-52-40)48-26-28-49(29-27-48,39-15-7-4-8-16-39)41(50)51-32-33-11-5-3-6-12-33/h3-22,25,30-31,44,46-47H,2,23-24,26-29,32H2,1H3/q+1. The van der Waals surface area contributed by atoms with Crippen molar-refractivity contribution in [1.82, 2.24) is 25.0 Å². The summed E-state index contributed by atoms with van der Waals surface area (Å²) in [7, 11) is 0. The van der Waals surface area contributed by atoms with Crippen LogP contribution in [0, 0.1) is 0 Å². The number of nitrogens with one attached hydrogen (secondary N) is 3. The third-order valence-corrected chi connectivity index (χ3v) is 11.7. The van der Waals surface area contributed by atoms with Crippen molar-refractivity contribution in [2.75, 3.05) is 51.1 Å². The summed E-state index contributed by atoms with van der Waals surface area (Å²) in [6.45, 7) is 7.03. The summed E-state index contributed by atoms with van der Waals surface area (Å²) in [4.78, 5) is 22.0. The Kier molecular flexibility index (Phi) is 9.61. The van der Waals surface area contributed by atoms with Crippen molar-refractivity contribution < 1.29 is 9.53 Å². The average Bonchev–Trinajstić information content (AvgIpc) is 3.77. The molecule has 8 nitrogen and oxygen atoms in total. The molecule has 3 N–H and O–H groups in total. The number of nitrogens with zero attached hydrogens (tertiary/aromatic N) is 3. The summed E-state index contributed by atoms with van der Waals surface area (Å²) in [5.74, 6) is 0. The van der Waals surface area contributed by atoms with E-state index < -0.39 is 11.2 Å². The molecule has 9 heteroatoms. The Morgan fingerprint density at radius 1 is 0.827 bits per heavy atom. The zero-order chi connectivity index (χ0) is 35.4. The second-order valence-corrected chi connectivity index (χ2v) is 14.5. The van der Waals surface area contributed by atoms with Gasteiger partial charge in [-0.25, -0.2) is 4.98 Å². The van der Waals surface area contributed by atoms with Crippen LogP contribution in [0.15, 0.2) is 139 Å². The number of carbonyl (C=O) groups is 1. The van der Waals surface area contributed by atoms with E-state index in [9.17, 15) is 4.79 Å². The molecule has 0 spiro atoms. The van der Waals surface area contributed by atoms with Crippen LogP contribution in [0.4, 0.5) is 16.2 Å². The maximum absolute atomic E-state index is 14.4. The van der Waals surface area contributed by atoms with Crippen molar-refractivity contribution >= 4 is 39.6 Å². The lowest BCUT2D eigenvalue weighted by Crippen LogP contribution is -2.79. The van der Waals surface area contributed by atoms with Gasteiger partial charge in [-0.05, 0) is 64.7 Å². The molecular weight excluding hydrogens is 665 g/mol. The molecule has 0 aliphatic carbocycles. The highest BCUT2D eigenvalue weighted by Crippen LogP contribution is 2.51. The van der Waals surface area contributed by atoms with Gasteiger partial charge in [0.05, 0.1) is 13.1 Å². The minimum atomic E-state index is -0.789. The zero-order valence-corrected chi connectivity index (χ0v) is 30.3. The molecule has 2 saturated heterocycles. The smallest absolute Gasteiger partial charge is 0.415 e. The number of anilines is 1. The number of hydrogen-bond acceptors (Lipinski definition) is 8. The Bertz CT molecular complexity index is 2100. The van der Waals surface area contributed by atoms with E-state index in [0.29, 0.717) is 26.2 Å². The van der Waals surface area contributed by atoms with Crippen LogP contribution in [0.3, 0.4) is 0 Å². The number of amides is 1. The molecule has 5 aromatic carbocycles. The van der Waals surface area contributed by atoms with Crippen molar-refractivity contribution in [2.24, 2.45) is 0 Å². The average molecular weight is 710 g/mol. The fraction of sp³-hybridized carbons (Fsp3) is 0.256. The maximum atomic E-state index is 14.4. The van der Waals surface area contributed by atoms with Gasteiger partial charge in [0.2, 0.25) is 0 Å². The summed E-state index contributed by atoms with van der Waals surface area (Å²) >= 11 is 1.67. The number of quaternary nitrogens is 1. The molecule has 1 aromatic heterocycles. The largest absolute Gasteiger partial charge is 0.521 e. The monoisotopic (exact) mass is 709 g/mol. The molecule has 2 unspecified atom stereocenters. The highest BCUT2D eigenvalue weighted by molar-refractivity contribution is 7.09. The zero-order valence-electron chi connectivity index (χ0n) is 29.5. The first-order chi connectivity index (χ1) is 25.6. The summed E-state index contributed by atoms with van der Waals surface area (Å²) in [5.41, 5.74) is 3.76. The molecule has 264 valence electrons. The summed E-state index contributed by atoms with van der Waals surface area (Å²) in [5, 5.41) is 17.1. The van der Waals surface area contributed by atoms with Gasteiger partial charge in [-0.3, -0.25) is 15.5 Å². The van der Waals surface area contributed by atoms with Gasteiger partial charge >= 0.3 is 6.09 Å². The molecule has 52 heavy (non-hydrogen) atoms. The maximum Gasteiger partial charge on any atom is 0.521 e. The second-order valence-electron chi connectivity index (χ2n) is 13.6. The number of piperazine rings is 2. The Labute approximate surface area is 309 Å². The molecule has 2 atom stereocenters. The summed E-state index contributed by atoms with van der Waals surface area (Å²) in [6, 6.07) is 44.3. The molecule has 0 saturated carbocycles. The number of thiazole rings is 1. The lowest BCUT2D eigenvalue weighted by molar-refractivity contribution is -0.0623. The van der Waals surface area contributed by atoms with Gasteiger partial charge in [-0.1, -0.05) is 97.1 Å². The van der Waals surface area contributed by atoms with E-state index in [1.165, 1.54) is 10.8 Å². The first kappa shape index (κ1) is 34.2. The Morgan fingerprint density at radius 2 is 1.50 bits per heavy atom. The van der Waals surface area contributed by atoms with Crippen molar-refractivity contribution in [3.05, 3.63) is 161 Å². The van der Waals surface area contributed by atoms with E-state index in [2.05, 4.69) is 112 Å². The number of benzene rings is 5. The van der Waals surface area contributed by atoms with Gasteiger partial charge in [-0.15, -0.1) is 11.3 Å². The predicted molar refractivity (Wildman–Crippen MR) is 211 cm³/mol. The van der Waals surface area contributed by atoms with Gasteiger partial charge in [-0.2, -0.15) is 9.28 Å². The number of ether oxygens (including phenoxy) is 1. The predicted octanol–water partition coefficient (Wildman–Crippen LogP) is 7.68. The van der Waals surface area contributed by atoms with Crippen LogP contribution in [-0.2, 0) is 22.5 Å².